The molecule has 0 aliphatic heterocycles. The third-order valence-corrected chi connectivity index (χ3v) is 5.39. The molecule has 0 atom stereocenters. The fourth-order valence-electron chi connectivity index (χ4n) is 3.00. The van der Waals surface area contributed by atoms with Gasteiger partial charge in [-0.2, -0.15) is 0 Å². The Bertz CT molecular complexity index is 1130. The Balaban J connectivity index is 1.58. The van der Waals surface area contributed by atoms with Crippen LogP contribution in [0.5, 0.6) is 5.75 Å². The number of halogens is 1. The fourth-order valence-corrected chi connectivity index (χ4v) is 3.43. The number of benzene rings is 3. The standard InChI is InChI=1S/C25H23BrN2O5/c1-2-32-25(31)33-20-13-11-17(12-14-20)24(30)27-16-19-8-4-6-10-22(19)28-23(29)15-18-7-3-5-9-21(18)26/h3-14H,2,15-16H2,1H3,(H,27,30)(H,28,29). The molecule has 0 aliphatic carbocycles. The Kier molecular flexibility index (Phi) is 8.60. The van der Waals surface area contributed by atoms with Crippen LogP contribution in [0.15, 0.2) is 77.3 Å². The quantitative estimate of drug-likeness (QED) is 0.325. The maximum atomic E-state index is 12.5. The van der Waals surface area contributed by atoms with Crippen molar-refractivity contribution in [2.45, 2.75) is 19.9 Å². The van der Waals surface area contributed by atoms with Gasteiger partial charge in [-0.15, -0.1) is 0 Å². The highest BCUT2D eigenvalue weighted by Crippen LogP contribution is 2.19. The first kappa shape index (κ1) is 24.0. The zero-order chi connectivity index (χ0) is 23.6. The number of carbonyl (C=O) groups is 3. The summed E-state index contributed by atoms with van der Waals surface area (Å²) in [5.74, 6) is -0.173. The third-order valence-electron chi connectivity index (χ3n) is 4.62. The van der Waals surface area contributed by atoms with E-state index < -0.39 is 6.16 Å². The normalized spacial score (nSPS) is 10.2. The van der Waals surface area contributed by atoms with E-state index in [-0.39, 0.29) is 37.1 Å². The van der Waals surface area contributed by atoms with Gasteiger partial charge in [0, 0.05) is 22.3 Å². The van der Waals surface area contributed by atoms with Crippen LogP contribution in [-0.2, 0) is 22.5 Å². The highest BCUT2D eigenvalue weighted by atomic mass is 79.9. The van der Waals surface area contributed by atoms with Crippen LogP contribution < -0.4 is 15.4 Å². The van der Waals surface area contributed by atoms with Crippen molar-refractivity contribution < 1.29 is 23.9 Å². The summed E-state index contributed by atoms with van der Waals surface area (Å²) in [6.45, 7) is 2.12. The summed E-state index contributed by atoms with van der Waals surface area (Å²) in [7, 11) is 0. The minimum absolute atomic E-state index is 0.155. The van der Waals surface area contributed by atoms with Gasteiger partial charge in [0.1, 0.15) is 5.75 Å². The van der Waals surface area contributed by atoms with Crippen LogP contribution in [0.4, 0.5) is 10.5 Å². The number of carbonyl (C=O) groups excluding carboxylic acids is 3. The van der Waals surface area contributed by atoms with Gasteiger partial charge in [0.15, 0.2) is 0 Å². The summed E-state index contributed by atoms with van der Waals surface area (Å²) in [6.07, 6.45) is -0.574. The molecule has 7 nitrogen and oxygen atoms in total. The van der Waals surface area contributed by atoms with Crippen molar-refractivity contribution >= 4 is 39.6 Å². The molecular formula is C25H23BrN2O5. The van der Waals surface area contributed by atoms with E-state index >= 15 is 0 Å². The molecule has 3 rings (SSSR count). The van der Waals surface area contributed by atoms with Crippen molar-refractivity contribution in [3.63, 3.8) is 0 Å². The Morgan fingerprint density at radius 1 is 0.879 bits per heavy atom. The molecule has 2 amide bonds. The molecule has 0 fully saturated rings. The van der Waals surface area contributed by atoms with Crippen molar-refractivity contribution in [1.29, 1.82) is 0 Å². The van der Waals surface area contributed by atoms with Crippen molar-refractivity contribution in [3.05, 3.63) is 94.0 Å². The Hall–Kier alpha value is -3.65. The molecule has 0 radical (unpaired) electrons. The predicted molar refractivity (Wildman–Crippen MR) is 128 cm³/mol. The van der Waals surface area contributed by atoms with E-state index in [4.69, 9.17) is 9.47 Å². The van der Waals surface area contributed by atoms with Crippen LogP contribution in [0.25, 0.3) is 0 Å². The van der Waals surface area contributed by atoms with E-state index in [1.807, 2.05) is 42.5 Å². The van der Waals surface area contributed by atoms with E-state index in [2.05, 4.69) is 26.6 Å². The Morgan fingerprint density at radius 2 is 1.55 bits per heavy atom. The Morgan fingerprint density at radius 3 is 2.24 bits per heavy atom. The molecule has 8 heteroatoms. The van der Waals surface area contributed by atoms with Crippen LogP contribution in [0.2, 0.25) is 0 Å². The SMILES string of the molecule is CCOC(=O)Oc1ccc(C(=O)NCc2ccccc2NC(=O)Cc2ccccc2Br)cc1. The third kappa shape index (κ3) is 7.18. The average molecular weight is 511 g/mol. The second kappa shape index (κ2) is 11.8. The number of rotatable bonds is 8. The van der Waals surface area contributed by atoms with E-state index in [1.165, 1.54) is 12.1 Å². The molecule has 0 unspecified atom stereocenters. The lowest BCUT2D eigenvalue weighted by Gasteiger charge is -2.13. The number of hydrogen-bond acceptors (Lipinski definition) is 5. The van der Waals surface area contributed by atoms with Gasteiger partial charge >= 0.3 is 6.16 Å². The van der Waals surface area contributed by atoms with E-state index in [0.717, 1.165) is 15.6 Å². The summed E-state index contributed by atoms with van der Waals surface area (Å²) in [6, 6.07) is 21.0. The van der Waals surface area contributed by atoms with Crippen LogP contribution in [0.3, 0.4) is 0 Å². The molecule has 2 N–H and O–H groups in total. The first-order valence-electron chi connectivity index (χ1n) is 10.3. The molecule has 0 bridgehead atoms. The lowest BCUT2D eigenvalue weighted by molar-refractivity contribution is -0.115. The first-order valence-corrected chi connectivity index (χ1v) is 11.1. The number of anilines is 1. The van der Waals surface area contributed by atoms with E-state index in [1.54, 1.807) is 25.1 Å². The molecule has 33 heavy (non-hydrogen) atoms. The van der Waals surface area contributed by atoms with Crippen LogP contribution in [0.1, 0.15) is 28.4 Å². The fraction of sp³-hybridized carbons (Fsp3) is 0.160. The second-order valence-electron chi connectivity index (χ2n) is 6.97. The second-order valence-corrected chi connectivity index (χ2v) is 7.82. The van der Waals surface area contributed by atoms with Gasteiger partial charge in [-0.25, -0.2) is 4.79 Å². The molecular weight excluding hydrogens is 488 g/mol. The molecule has 0 aliphatic rings. The molecule has 3 aromatic carbocycles. The van der Waals surface area contributed by atoms with E-state index in [0.29, 0.717) is 11.3 Å². The number of para-hydroxylation sites is 1. The molecule has 0 heterocycles. The minimum Gasteiger partial charge on any atom is -0.434 e. The van der Waals surface area contributed by atoms with E-state index in [9.17, 15) is 14.4 Å². The van der Waals surface area contributed by atoms with Crippen LogP contribution in [-0.4, -0.2) is 24.6 Å². The Labute approximate surface area is 200 Å². The first-order chi connectivity index (χ1) is 16.0. The van der Waals surface area contributed by atoms with Crippen LogP contribution >= 0.6 is 15.9 Å². The summed E-state index contributed by atoms with van der Waals surface area (Å²) < 4.78 is 10.6. The lowest BCUT2D eigenvalue weighted by atomic mass is 10.1. The highest BCUT2D eigenvalue weighted by molar-refractivity contribution is 9.10. The average Bonchev–Trinajstić information content (AvgIpc) is 2.80. The topological polar surface area (TPSA) is 93.7 Å². The van der Waals surface area contributed by atoms with Gasteiger partial charge in [-0.3, -0.25) is 9.59 Å². The zero-order valence-electron chi connectivity index (χ0n) is 18.0. The molecule has 0 saturated heterocycles. The maximum absolute atomic E-state index is 12.5. The van der Waals surface area contributed by atoms with Gasteiger partial charge in [-0.05, 0) is 54.4 Å². The summed E-state index contributed by atoms with van der Waals surface area (Å²) in [5, 5.41) is 5.75. The molecule has 0 spiro atoms. The van der Waals surface area contributed by atoms with Gasteiger partial charge < -0.3 is 20.1 Å². The largest absolute Gasteiger partial charge is 0.513 e. The van der Waals surface area contributed by atoms with Crippen molar-refractivity contribution in [2.24, 2.45) is 0 Å². The van der Waals surface area contributed by atoms with Gasteiger partial charge in [0.2, 0.25) is 5.91 Å². The molecule has 3 aromatic rings. The zero-order valence-corrected chi connectivity index (χ0v) is 19.6. The van der Waals surface area contributed by atoms with Crippen LogP contribution in [0, 0.1) is 0 Å². The van der Waals surface area contributed by atoms with Gasteiger partial charge in [0.05, 0.1) is 13.0 Å². The summed E-state index contributed by atoms with van der Waals surface area (Å²) >= 11 is 3.45. The smallest absolute Gasteiger partial charge is 0.434 e. The van der Waals surface area contributed by atoms with Crippen molar-refractivity contribution in [1.82, 2.24) is 5.32 Å². The number of ether oxygens (including phenoxy) is 2. The summed E-state index contributed by atoms with van der Waals surface area (Å²) in [5.41, 5.74) is 2.69. The van der Waals surface area contributed by atoms with Gasteiger partial charge in [-0.1, -0.05) is 52.3 Å². The van der Waals surface area contributed by atoms with Crippen molar-refractivity contribution in [3.8, 4) is 5.75 Å². The maximum Gasteiger partial charge on any atom is 0.513 e. The molecule has 0 saturated carbocycles. The summed E-state index contributed by atoms with van der Waals surface area (Å²) in [4.78, 5) is 36.4. The number of hydrogen-bond donors (Lipinski definition) is 2. The number of nitrogens with one attached hydrogen (secondary N) is 2. The monoisotopic (exact) mass is 510 g/mol. The molecule has 170 valence electrons. The lowest BCUT2D eigenvalue weighted by Crippen LogP contribution is -2.24. The minimum atomic E-state index is -0.798. The number of amides is 2. The highest BCUT2D eigenvalue weighted by Gasteiger charge is 2.12. The molecule has 0 aromatic heterocycles. The van der Waals surface area contributed by atoms with Crippen molar-refractivity contribution in [2.75, 3.05) is 11.9 Å². The predicted octanol–water partition coefficient (Wildman–Crippen LogP) is 5.10. The van der Waals surface area contributed by atoms with Gasteiger partial charge in [0.25, 0.3) is 5.91 Å².